The van der Waals surface area contributed by atoms with Crippen molar-refractivity contribution >= 4 is 11.9 Å². The third-order valence-corrected chi connectivity index (χ3v) is 13.1. The first-order chi connectivity index (χ1) is 31.0. The minimum atomic E-state index is -0.670. The summed E-state index contributed by atoms with van der Waals surface area (Å²) in [5, 5.41) is 12.5. The van der Waals surface area contributed by atoms with Crippen molar-refractivity contribution in [3.05, 3.63) is 24.3 Å². The maximum atomic E-state index is 12.1. The van der Waals surface area contributed by atoms with E-state index in [1.54, 1.807) is 0 Å². The van der Waals surface area contributed by atoms with E-state index in [2.05, 4.69) is 43.5 Å². The fourth-order valence-corrected chi connectivity index (χ4v) is 8.78. The third kappa shape index (κ3) is 52.8. The van der Waals surface area contributed by atoms with Gasteiger partial charge in [-0.25, -0.2) is 0 Å². The molecule has 2 atom stereocenters. The number of hydrogen-bond acceptors (Lipinski definition) is 5. The van der Waals surface area contributed by atoms with Crippen LogP contribution in [-0.4, -0.2) is 42.3 Å². The topological polar surface area (TPSA) is 102 Å². The number of rotatable bonds is 53. The van der Waals surface area contributed by atoms with E-state index in [0.29, 0.717) is 25.5 Å². The number of unbranched alkanes of at least 4 members (excludes halogenated alkanes) is 37. The van der Waals surface area contributed by atoms with E-state index >= 15 is 0 Å². The summed E-state index contributed by atoms with van der Waals surface area (Å²) in [5.74, 6) is -0.661. The summed E-state index contributed by atoms with van der Waals surface area (Å²) in [7, 11) is 0. The van der Waals surface area contributed by atoms with Gasteiger partial charge in [-0.3, -0.25) is 9.59 Å². The van der Waals surface area contributed by atoms with E-state index in [0.717, 1.165) is 51.5 Å². The molecule has 0 aromatic rings. The number of allylic oxidation sites excluding steroid dienone is 4. The van der Waals surface area contributed by atoms with Gasteiger partial charge < -0.3 is 20.9 Å². The molecule has 0 bridgehead atoms. The van der Waals surface area contributed by atoms with Crippen LogP contribution in [0.2, 0.25) is 0 Å². The molecule has 6 heteroatoms. The zero-order valence-electron chi connectivity index (χ0n) is 42.4. The molecule has 0 spiro atoms. The molecule has 6 nitrogen and oxygen atoms in total. The van der Waals surface area contributed by atoms with Crippen LogP contribution in [-0.2, 0) is 14.3 Å². The Morgan fingerprint density at radius 1 is 0.460 bits per heavy atom. The molecule has 0 rings (SSSR count). The predicted octanol–water partition coefficient (Wildman–Crippen LogP) is 17.6. The van der Waals surface area contributed by atoms with Crippen LogP contribution in [0.25, 0.3) is 0 Å². The molecule has 0 heterocycles. The first-order valence-electron chi connectivity index (χ1n) is 28.1. The van der Waals surface area contributed by atoms with Crippen molar-refractivity contribution in [2.45, 2.75) is 315 Å². The number of carboxylic acids is 1. The lowest BCUT2D eigenvalue weighted by molar-refractivity contribution is -0.144. The minimum Gasteiger partial charge on any atom is -0.481 e. The van der Waals surface area contributed by atoms with E-state index < -0.39 is 5.97 Å². The third-order valence-electron chi connectivity index (χ3n) is 13.1. The maximum absolute atomic E-state index is 12.1. The van der Waals surface area contributed by atoms with Gasteiger partial charge in [0.25, 0.3) is 0 Å². The summed E-state index contributed by atoms with van der Waals surface area (Å²) in [6.07, 6.45) is 65.5. The van der Waals surface area contributed by atoms with Gasteiger partial charge in [0.2, 0.25) is 0 Å². The van der Waals surface area contributed by atoms with Gasteiger partial charge in [0.05, 0.1) is 6.61 Å². The lowest BCUT2D eigenvalue weighted by Gasteiger charge is -2.22. The molecular formula is C57H110N2O4. The number of nitrogens with two attached hydrogens (primary N) is 1. The van der Waals surface area contributed by atoms with Crippen molar-refractivity contribution in [1.82, 2.24) is 5.32 Å². The number of nitrogens with one attached hydrogen (secondary N) is 1. The molecule has 372 valence electrons. The van der Waals surface area contributed by atoms with Gasteiger partial charge in [-0.05, 0) is 96.9 Å². The van der Waals surface area contributed by atoms with Gasteiger partial charge in [0.15, 0.2) is 0 Å². The van der Waals surface area contributed by atoms with Crippen LogP contribution in [0.4, 0.5) is 0 Å². The van der Waals surface area contributed by atoms with Crippen LogP contribution >= 0.6 is 0 Å². The maximum Gasteiger partial charge on any atom is 0.305 e. The fraction of sp³-hybridized carbons (Fsp3) is 0.895. The van der Waals surface area contributed by atoms with Gasteiger partial charge in [-0.2, -0.15) is 0 Å². The molecule has 4 N–H and O–H groups in total. The van der Waals surface area contributed by atoms with Crippen molar-refractivity contribution in [1.29, 1.82) is 0 Å². The van der Waals surface area contributed by atoms with Crippen LogP contribution in [0.15, 0.2) is 24.3 Å². The molecule has 0 aromatic heterocycles. The number of aliphatic carboxylic acids is 1. The zero-order valence-corrected chi connectivity index (χ0v) is 42.4. The van der Waals surface area contributed by atoms with Gasteiger partial charge in [-0.1, -0.05) is 224 Å². The second-order valence-electron chi connectivity index (χ2n) is 19.5. The number of carbonyl (C=O) groups is 2. The molecular weight excluding hydrogens is 777 g/mol. The molecule has 0 fully saturated rings. The molecule has 0 amide bonds. The highest BCUT2D eigenvalue weighted by Gasteiger charge is 2.12. The second-order valence-corrected chi connectivity index (χ2v) is 19.5. The monoisotopic (exact) mass is 887 g/mol. The molecule has 0 aliphatic carbocycles. The van der Waals surface area contributed by atoms with Gasteiger partial charge in [-0.15, -0.1) is 0 Å². The Morgan fingerprint density at radius 3 is 1.19 bits per heavy atom. The van der Waals surface area contributed by atoms with Crippen molar-refractivity contribution in [2.24, 2.45) is 5.73 Å². The SMILES string of the molecule is CCCCCCCCCCCCCCCCCCOC(=O)CCCCCCCC=CCCCCCCCCNC(CCCCCCCCC=CCCCCCCCC(=O)O)C(C)N. The number of carbonyl (C=O) groups excluding carboxylic acids is 1. The highest BCUT2D eigenvalue weighted by molar-refractivity contribution is 5.69. The van der Waals surface area contributed by atoms with E-state index in [-0.39, 0.29) is 12.0 Å². The van der Waals surface area contributed by atoms with Crippen molar-refractivity contribution in [2.75, 3.05) is 13.2 Å². The molecule has 0 radical (unpaired) electrons. The van der Waals surface area contributed by atoms with Gasteiger partial charge >= 0.3 is 11.9 Å². The van der Waals surface area contributed by atoms with Gasteiger partial charge in [0.1, 0.15) is 0 Å². The summed E-state index contributed by atoms with van der Waals surface area (Å²) in [6.45, 7) is 6.16. The Labute approximate surface area is 393 Å². The Morgan fingerprint density at radius 2 is 0.794 bits per heavy atom. The van der Waals surface area contributed by atoms with Crippen LogP contribution in [0.3, 0.4) is 0 Å². The number of hydrogen-bond donors (Lipinski definition) is 3. The standard InChI is InChI=1S/C57H110N2O4/c1-3-4-5-6-7-8-9-10-11-18-23-28-33-38-43-48-53-63-57(62)51-46-41-36-31-26-21-16-13-17-22-27-32-37-42-47-52-59-55(54(2)58)49-44-39-34-29-24-19-14-12-15-20-25-30-35-40-45-50-56(60)61/h12-13,15-16,54-55,59H,3-11,14,17-53,58H2,1-2H3,(H,60,61). The van der Waals surface area contributed by atoms with Crippen molar-refractivity contribution in [3.63, 3.8) is 0 Å². The molecule has 0 aromatic carbocycles. The average molecular weight is 888 g/mol. The lowest BCUT2D eigenvalue weighted by atomic mass is 10.0. The first kappa shape index (κ1) is 61.3. The van der Waals surface area contributed by atoms with E-state index in [1.165, 1.54) is 231 Å². The van der Waals surface area contributed by atoms with Gasteiger partial charge in [0, 0.05) is 24.9 Å². The minimum absolute atomic E-state index is 0.00870. The largest absolute Gasteiger partial charge is 0.481 e. The molecule has 2 unspecified atom stereocenters. The molecule has 0 saturated heterocycles. The van der Waals surface area contributed by atoms with Crippen molar-refractivity contribution in [3.8, 4) is 0 Å². The van der Waals surface area contributed by atoms with E-state index in [4.69, 9.17) is 15.6 Å². The zero-order chi connectivity index (χ0) is 45.8. The summed E-state index contributed by atoms with van der Waals surface area (Å²) >= 11 is 0. The Balaban J connectivity index is 3.41. The average Bonchev–Trinajstić information content (AvgIpc) is 3.27. The van der Waals surface area contributed by atoms with Crippen molar-refractivity contribution < 1.29 is 19.4 Å². The van der Waals surface area contributed by atoms with Crippen LogP contribution < -0.4 is 11.1 Å². The fourth-order valence-electron chi connectivity index (χ4n) is 8.78. The number of esters is 1. The second kappa shape index (κ2) is 53.0. The molecule has 0 aliphatic heterocycles. The Bertz CT molecular complexity index is 981. The Hall–Kier alpha value is -1.66. The van der Waals surface area contributed by atoms with Crippen LogP contribution in [0.5, 0.6) is 0 Å². The quantitative estimate of drug-likeness (QED) is 0.0319. The number of carboxylic acid groups (broad SMARTS) is 1. The van der Waals surface area contributed by atoms with Crippen LogP contribution in [0, 0.1) is 0 Å². The smallest absolute Gasteiger partial charge is 0.305 e. The molecule has 0 aliphatic rings. The number of ether oxygens (including phenoxy) is 1. The normalized spacial score (nSPS) is 12.8. The highest BCUT2D eigenvalue weighted by atomic mass is 16.5. The summed E-state index contributed by atoms with van der Waals surface area (Å²) < 4.78 is 5.48. The van der Waals surface area contributed by atoms with E-state index in [1.807, 2.05) is 0 Å². The summed E-state index contributed by atoms with van der Waals surface area (Å²) in [5.41, 5.74) is 6.33. The molecule has 63 heavy (non-hydrogen) atoms. The first-order valence-corrected chi connectivity index (χ1v) is 28.1. The highest BCUT2D eigenvalue weighted by Crippen LogP contribution is 2.16. The van der Waals surface area contributed by atoms with Crippen LogP contribution in [0.1, 0.15) is 303 Å². The summed E-state index contributed by atoms with van der Waals surface area (Å²) in [4.78, 5) is 22.6. The Kier molecular flexibility index (Phi) is 51.6. The summed E-state index contributed by atoms with van der Waals surface area (Å²) in [6, 6.07) is 0.665. The van der Waals surface area contributed by atoms with E-state index in [9.17, 15) is 9.59 Å². The lowest BCUT2D eigenvalue weighted by Crippen LogP contribution is -2.43. The molecule has 0 saturated carbocycles. The predicted molar refractivity (Wildman–Crippen MR) is 276 cm³/mol.